The van der Waals surface area contributed by atoms with Crippen molar-refractivity contribution in [2.75, 3.05) is 7.05 Å². The van der Waals surface area contributed by atoms with E-state index in [1.54, 1.807) is 0 Å². The van der Waals surface area contributed by atoms with Crippen LogP contribution < -0.4 is 5.73 Å². The Hall–Kier alpha value is -0.185. The molecule has 0 unspecified atom stereocenters. The van der Waals surface area contributed by atoms with Gasteiger partial charge in [-0.2, -0.15) is 0 Å². The largest absolute Gasteiger partial charge is 0.333 e. The SMILES string of the molecule is CN.F.F.F.[B]. The molecule has 0 aliphatic carbocycles. The molecule has 0 heterocycles. The molecule has 6 heavy (non-hydrogen) atoms. The number of hydrogen-bond donors (Lipinski definition) is 1. The first-order valence-corrected chi connectivity index (χ1v) is 0.577. The third-order valence-corrected chi connectivity index (χ3v) is 0. The predicted molar refractivity (Wildman–Crippen MR) is 23.4 cm³/mol. The van der Waals surface area contributed by atoms with Crippen LogP contribution in [0.25, 0.3) is 0 Å². The van der Waals surface area contributed by atoms with Crippen molar-refractivity contribution in [3.63, 3.8) is 0 Å². The van der Waals surface area contributed by atoms with Crippen molar-refractivity contribution in [1.29, 1.82) is 0 Å². The Morgan fingerprint density at radius 3 is 0.833 bits per heavy atom. The van der Waals surface area contributed by atoms with Crippen LogP contribution in [0.2, 0.25) is 0 Å². The van der Waals surface area contributed by atoms with Crippen LogP contribution in [0.4, 0.5) is 14.1 Å². The molecule has 0 aromatic heterocycles. The Morgan fingerprint density at radius 1 is 0.833 bits per heavy atom. The molecule has 2 N–H and O–H groups in total. The van der Waals surface area contributed by atoms with E-state index in [4.69, 9.17) is 0 Å². The van der Waals surface area contributed by atoms with Crippen molar-refractivity contribution in [2.45, 2.75) is 0 Å². The van der Waals surface area contributed by atoms with E-state index in [1.807, 2.05) is 0 Å². The maximum Gasteiger partial charge on any atom is 0 e. The molecular weight excluding hydrogens is 93.8 g/mol. The minimum absolute atomic E-state index is 0. The molecule has 0 saturated heterocycles. The summed E-state index contributed by atoms with van der Waals surface area (Å²) in [6, 6.07) is 0. The quantitative estimate of drug-likeness (QED) is 0.415. The van der Waals surface area contributed by atoms with Crippen LogP contribution >= 0.6 is 0 Å². The molecule has 0 spiro atoms. The van der Waals surface area contributed by atoms with E-state index < -0.39 is 0 Å². The molecule has 0 fully saturated rings. The third kappa shape index (κ3) is 883. The van der Waals surface area contributed by atoms with Gasteiger partial charge in [0.15, 0.2) is 0 Å². The number of hydrogen-bond acceptors (Lipinski definition) is 1. The summed E-state index contributed by atoms with van der Waals surface area (Å²) < 4.78 is 0. The Balaban J connectivity index is -0.000000000833. The molecule has 0 aliphatic rings. The van der Waals surface area contributed by atoms with Crippen LogP contribution in [0.15, 0.2) is 0 Å². The summed E-state index contributed by atoms with van der Waals surface area (Å²) in [5, 5.41) is 0. The fraction of sp³-hybridized carbons (Fsp3) is 1.00. The lowest BCUT2D eigenvalue weighted by Gasteiger charge is -1.19. The van der Waals surface area contributed by atoms with Crippen molar-refractivity contribution in [3.8, 4) is 0 Å². The molecule has 1 nitrogen and oxygen atoms in total. The molecule has 0 aromatic carbocycles. The molecule has 0 aliphatic heterocycles. The Labute approximate surface area is 36.6 Å². The average Bonchev–Trinajstić information content (AvgIpc) is 1.00. The van der Waals surface area contributed by atoms with E-state index in [2.05, 4.69) is 5.73 Å². The van der Waals surface area contributed by atoms with Crippen LogP contribution in [0.5, 0.6) is 0 Å². The van der Waals surface area contributed by atoms with Crippen LogP contribution in [0.3, 0.4) is 0 Å². The molecule has 0 saturated carbocycles. The molecule has 0 amide bonds. The molecule has 3 radical (unpaired) electrons. The summed E-state index contributed by atoms with van der Waals surface area (Å²) in [4.78, 5) is 0. The zero-order valence-corrected chi connectivity index (χ0v) is 3.38. The Morgan fingerprint density at radius 2 is 0.833 bits per heavy atom. The zero-order chi connectivity index (χ0) is 2.00. The topological polar surface area (TPSA) is 26.0 Å². The highest BCUT2D eigenvalue weighted by Gasteiger charge is 0.836. The number of nitrogens with two attached hydrogens (primary N) is 1. The van der Waals surface area contributed by atoms with Gasteiger partial charge < -0.3 is 5.73 Å². The van der Waals surface area contributed by atoms with Crippen LogP contribution in [-0.2, 0) is 0 Å². The van der Waals surface area contributed by atoms with E-state index in [9.17, 15) is 0 Å². The first-order valence-electron chi connectivity index (χ1n) is 0.577. The van der Waals surface area contributed by atoms with E-state index >= 15 is 0 Å². The Bertz CT molecular complexity index is 10.8. The van der Waals surface area contributed by atoms with E-state index in [0.29, 0.717) is 0 Å². The van der Waals surface area contributed by atoms with Crippen molar-refractivity contribution < 1.29 is 14.1 Å². The van der Waals surface area contributed by atoms with Crippen LogP contribution in [0, 0.1) is 0 Å². The molecular formula is CH8BF3N. The summed E-state index contributed by atoms with van der Waals surface area (Å²) in [5.41, 5.74) is 4.50. The predicted octanol–water partition coefficient (Wildman–Crippen LogP) is -0.348. The molecule has 0 rings (SSSR count). The lowest BCUT2D eigenvalue weighted by atomic mass is 10.8. The summed E-state index contributed by atoms with van der Waals surface area (Å²) in [5.74, 6) is 0. The highest BCUT2D eigenvalue weighted by molar-refractivity contribution is 5.75. The van der Waals surface area contributed by atoms with Gasteiger partial charge in [0.05, 0.1) is 0 Å². The summed E-state index contributed by atoms with van der Waals surface area (Å²) in [7, 11) is 1.50. The molecule has 5 heteroatoms. The normalized spacial score (nSPS) is 1.00. The number of rotatable bonds is 0. The van der Waals surface area contributed by atoms with Gasteiger partial charge in [0.2, 0.25) is 0 Å². The van der Waals surface area contributed by atoms with Crippen molar-refractivity contribution in [2.24, 2.45) is 5.73 Å². The maximum atomic E-state index is 4.50. The smallest absolute Gasteiger partial charge is 0 e. The van der Waals surface area contributed by atoms with Crippen molar-refractivity contribution in [1.82, 2.24) is 0 Å². The van der Waals surface area contributed by atoms with Gasteiger partial charge in [-0.15, -0.1) is 0 Å². The van der Waals surface area contributed by atoms with Crippen LogP contribution in [0.1, 0.15) is 0 Å². The van der Waals surface area contributed by atoms with Gasteiger partial charge in [0.1, 0.15) is 0 Å². The molecule has 0 aromatic rings. The standard InChI is InChI=1S/CH5N.B.3FH/c1-2;;;;/h2H2,1H3;;3*1H. The second kappa shape index (κ2) is 2050. The fourth-order valence-electron chi connectivity index (χ4n) is 0. The molecule has 0 bridgehead atoms. The van der Waals surface area contributed by atoms with E-state index in [-0.39, 0.29) is 22.5 Å². The van der Waals surface area contributed by atoms with E-state index in [1.165, 1.54) is 7.05 Å². The minimum atomic E-state index is 0. The average molecular weight is 102 g/mol. The zero-order valence-electron chi connectivity index (χ0n) is 3.38. The molecule has 41 valence electrons. The van der Waals surface area contributed by atoms with Crippen molar-refractivity contribution >= 4 is 8.41 Å². The highest BCUT2D eigenvalue weighted by Crippen LogP contribution is 0.469. The Kier molecular flexibility index (Phi) is 69200. The summed E-state index contributed by atoms with van der Waals surface area (Å²) in [6.45, 7) is 0. The first-order chi connectivity index (χ1) is 1.00. The second-order valence-electron chi connectivity index (χ2n) is 0. The highest BCUT2D eigenvalue weighted by atomic mass is 19.0. The number of halogens is 3. The first kappa shape index (κ1) is 203. The van der Waals surface area contributed by atoms with Gasteiger partial charge in [-0.3, -0.25) is 14.1 Å². The summed E-state index contributed by atoms with van der Waals surface area (Å²) in [6.07, 6.45) is 0. The van der Waals surface area contributed by atoms with E-state index in [0.717, 1.165) is 0 Å². The van der Waals surface area contributed by atoms with Gasteiger partial charge in [0.25, 0.3) is 0 Å². The minimum Gasteiger partial charge on any atom is -0.333 e. The van der Waals surface area contributed by atoms with Gasteiger partial charge in [-0.05, 0) is 7.05 Å². The fourth-order valence-corrected chi connectivity index (χ4v) is 0. The monoisotopic (exact) mass is 102 g/mol. The third-order valence-electron chi connectivity index (χ3n) is 0. The maximum absolute atomic E-state index is 4.50. The molecule has 0 atom stereocenters. The van der Waals surface area contributed by atoms with Crippen molar-refractivity contribution in [3.05, 3.63) is 0 Å². The van der Waals surface area contributed by atoms with Gasteiger partial charge in [0, 0.05) is 8.41 Å². The van der Waals surface area contributed by atoms with Gasteiger partial charge >= 0.3 is 0 Å². The summed E-state index contributed by atoms with van der Waals surface area (Å²) >= 11 is 0. The second-order valence-corrected chi connectivity index (χ2v) is 0. The van der Waals surface area contributed by atoms with Gasteiger partial charge in [-0.1, -0.05) is 0 Å². The lowest BCUT2D eigenvalue weighted by molar-refractivity contribution is 1.11. The van der Waals surface area contributed by atoms with Crippen LogP contribution in [-0.4, -0.2) is 15.5 Å². The lowest BCUT2D eigenvalue weighted by Crippen LogP contribution is -1.69. The van der Waals surface area contributed by atoms with Gasteiger partial charge in [-0.25, -0.2) is 0 Å².